The van der Waals surface area contributed by atoms with E-state index in [1.54, 1.807) is 16.7 Å². The minimum atomic E-state index is -0.107. The van der Waals surface area contributed by atoms with Gasteiger partial charge in [-0.2, -0.15) is 0 Å². The van der Waals surface area contributed by atoms with E-state index >= 15 is 0 Å². The molecule has 4 aliphatic carbocycles. The molecule has 2 heterocycles. The second kappa shape index (κ2) is 7.18. The number of nitrogens with one attached hydrogen (secondary N) is 1. The van der Waals surface area contributed by atoms with Crippen molar-refractivity contribution >= 4 is 0 Å². The third kappa shape index (κ3) is 3.02. The molecular formula is C28H43NO2. The Morgan fingerprint density at radius 3 is 2.84 bits per heavy atom. The van der Waals surface area contributed by atoms with Gasteiger partial charge in [-0.1, -0.05) is 43.6 Å². The van der Waals surface area contributed by atoms with Crippen molar-refractivity contribution in [3.05, 3.63) is 22.8 Å². The fraction of sp³-hybridized carbons (Fsp3) is 0.857. The van der Waals surface area contributed by atoms with Gasteiger partial charge in [-0.3, -0.25) is 0 Å². The summed E-state index contributed by atoms with van der Waals surface area (Å²) in [6.45, 7) is 11.0. The van der Waals surface area contributed by atoms with Gasteiger partial charge in [0.2, 0.25) is 0 Å². The lowest BCUT2D eigenvalue weighted by Crippen LogP contribution is -2.48. The van der Waals surface area contributed by atoms with Gasteiger partial charge in [0, 0.05) is 12.0 Å². The van der Waals surface area contributed by atoms with Crippen LogP contribution in [0.2, 0.25) is 0 Å². The van der Waals surface area contributed by atoms with Crippen LogP contribution in [-0.2, 0) is 4.74 Å². The molecule has 172 valence electrons. The van der Waals surface area contributed by atoms with E-state index in [-0.39, 0.29) is 11.7 Å². The molecule has 2 aliphatic heterocycles. The van der Waals surface area contributed by atoms with Crippen molar-refractivity contribution in [3.8, 4) is 0 Å². The van der Waals surface area contributed by atoms with Gasteiger partial charge in [-0.25, -0.2) is 0 Å². The van der Waals surface area contributed by atoms with Gasteiger partial charge in [-0.15, -0.1) is 0 Å². The van der Waals surface area contributed by atoms with E-state index in [1.807, 2.05) is 0 Å². The van der Waals surface area contributed by atoms with E-state index in [4.69, 9.17) is 4.74 Å². The number of aliphatic hydroxyl groups excluding tert-OH is 1. The SMILES string of the molecule is CC1=C2CC3C(CC=C4CC(O)CCC43C)C2CCC2(C1)OC1C[C@H](C)CNC1C2C. The van der Waals surface area contributed by atoms with Crippen LogP contribution >= 0.6 is 0 Å². The van der Waals surface area contributed by atoms with E-state index in [2.05, 4.69) is 39.1 Å². The maximum atomic E-state index is 10.3. The standard InChI is InChI=1S/C28H43NO2/c1-16-11-25-26(29-15-16)18(3)28(31-25)10-8-21-22-6-5-19-12-20(30)7-9-27(19,4)24(22)13-23(21)17(2)14-28/h5,16,18,20-22,24-26,29-30H,6-15H2,1-4H3/t16-,18?,20?,21?,22?,24?,25?,26?,27?,28?/m0/s1. The van der Waals surface area contributed by atoms with Crippen molar-refractivity contribution < 1.29 is 9.84 Å². The zero-order valence-corrected chi connectivity index (χ0v) is 20.1. The minimum absolute atomic E-state index is 0.0534. The number of ether oxygens (including phenoxy) is 1. The second-order valence-electron chi connectivity index (χ2n) is 12.7. The first-order valence-electron chi connectivity index (χ1n) is 13.3. The van der Waals surface area contributed by atoms with Gasteiger partial charge in [-0.05, 0) is 100 Å². The summed E-state index contributed by atoms with van der Waals surface area (Å²) in [6, 6.07) is 0.549. The average Bonchev–Trinajstić information content (AvgIpc) is 3.19. The summed E-state index contributed by atoms with van der Waals surface area (Å²) in [4.78, 5) is 0. The predicted molar refractivity (Wildman–Crippen MR) is 125 cm³/mol. The molecule has 9 unspecified atom stereocenters. The van der Waals surface area contributed by atoms with Gasteiger partial charge >= 0.3 is 0 Å². The van der Waals surface area contributed by atoms with Crippen molar-refractivity contribution in [1.82, 2.24) is 5.32 Å². The zero-order valence-electron chi connectivity index (χ0n) is 20.1. The molecule has 4 fully saturated rings. The van der Waals surface area contributed by atoms with Crippen LogP contribution < -0.4 is 5.32 Å². The zero-order chi connectivity index (χ0) is 21.5. The van der Waals surface area contributed by atoms with Gasteiger partial charge in [0.05, 0.1) is 17.8 Å². The Hall–Kier alpha value is -0.640. The third-order valence-electron chi connectivity index (χ3n) is 11.0. The first kappa shape index (κ1) is 20.9. The van der Waals surface area contributed by atoms with Crippen LogP contribution in [-0.4, -0.2) is 35.5 Å². The molecule has 3 nitrogen and oxygen atoms in total. The van der Waals surface area contributed by atoms with Crippen molar-refractivity contribution in [2.75, 3.05) is 6.54 Å². The van der Waals surface area contributed by atoms with Crippen molar-refractivity contribution in [2.24, 2.45) is 35.0 Å². The maximum Gasteiger partial charge on any atom is 0.0765 e. The van der Waals surface area contributed by atoms with Gasteiger partial charge in [0.15, 0.2) is 0 Å². The van der Waals surface area contributed by atoms with E-state index in [0.717, 1.165) is 49.5 Å². The van der Waals surface area contributed by atoms with Crippen molar-refractivity contribution in [2.45, 2.75) is 109 Å². The highest BCUT2D eigenvalue weighted by atomic mass is 16.5. The Kier molecular flexibility index (Phi) is 4.85. The molecule has 0 aromatic rings. The Balaban J connectivity index is 1.28. The minimum Gasteiger partial charge on any atom is -0.393 e. The van der Waals surface area contributed by atoms with Crippen LogP contribution in [0.3, 0.4) is 0 Å². The molecule has 0 aromatic carbocycles. The number of piperidine rings is 1. The summed E-state index contributed by atoms with van der Waals surface area (Å²) in [7, 11) is 0. The first-order chi connectivity index (χ1) is 14.8. The summed E-state index contributed by atoms with van der Waals surface area (Å²) in [5, 5.41) is 14.1. The summed E-state index contributed by atoms with van der Waals surface area (Å²) < 4.78 is 7.01. The molecule has 3 heteroatoms. The quantitative estimate of drug-likeness (QED) is 0.511. The number of allylic oxidation sites excluding steroid dienone is 2. The van der Waals surface area contributed by atoms with Gasteiger partial charge < -0.3 is 15.2 Å². The van der Waals surface area contributed by atoms with Crippen LogP contribution in [0.1, 0.15) is 85.5 Å². The molecular weight excluding hydrogens is 382 g/mol. The van der Waals surface area contributed by atoms with Gasteiger partial charge in [0.25, 0.3) is 0 Å². The molecule has 0 bridgehead atoms. The number of rotatable bonds is 0. The highest BCUT2D eigenvalue weighted by Gasteiger charge is 2.58. The molecule has 2 saturated heterocycles. The average molecular weight is 426 g/mol. The molecule has 0 amide bonds. The lowest BCUT2D eigenvalue weighted by molar-refractivity contribution is -0.0720. The van der Waals surface area contributed by atoms with Crippen LogP contribution in [0.15, 0.2) is 22.8 Å². The monoisotopic (exact) mass is 425 g/mol. The maximum absolute atomic E-state index is 10.3. The summed E-state index contributed by atoms with van der Waals surface area (Å²) in [5.74, 6) is 3.69. The summed E-state index contributed by atoms with van der Waals surface area (Å²) in [6.07, 6.45) is 13.4. The van der Waals surface area contributed by atoms with Crippen molar-refractivity contribution in [3.63, 3.8) is 0 Å². The summed E-state index contributed by atoms with van der Waals surface area (Å²) >= 11 is 0. The highest BCUT2D eigenvalue weighted by molar-refractivity contribution is 5.33. The topological polar surface area (TPSA) is 41.5 Å². The van der Waals surface area contributed by atoms with Gasteiger partial charge in [0.1, 0.15) is 0 Å². The van der Waals surface area contributed by atoms with Crippen LogP contribution in [0.25, 0.3) is 0 Å². The molecule has 2 saturated carbocycles. The lowest BCUT2D eigenvalue weighted by atomic mass is 9.56. The van der Waals surface area contributed by atoms with Crippen LogP contribution in [0, 0.1) is 35.0 Å². The molecule has 0 radical (unpaired) electrons. The smallest absolute Gasteiger partial charge is 0.0765 e. The number of hydrogen-bond acceptors (Lipinski definition) is 3. The molecule has 1 spiro atoms. The Labute approximate surface area is 189 Å². The molecule has 2 N–H and O–H groups in total. The van der Waals surface area contributed by atoms with Crippen LogP contribution in [0.4, 0.5) is 0 Å². The molecule has 6 rings (SSSR count). The first-order valence-corrected chi connectivity index (χ1v) is 13.3. The normalized spacial score (nSPS) is 54.0. The second-order valence-corrected chi connectivity index (χ2v) is 12.7. The van der Waals surface area contributed by atoms with E-state index in [0.29, 0.717) is 23.5 Å². The van der Waals surface area contributed by atoms with E-state index in [9.17, 15) is 5.11 Å². The van der Waals surface area contributed by atoms with E-state index in [1.165, 1.54) is 38.5 Å². The number of fused-ring (bicyclic) bond motifs is 6. The van der Waals surface area contributed by atoms with Crippen molar-refractivity contribution in [1.29, 1.82) is 0 Å². The molecule has 10 atom stereocenters. The van der Waals surface area contributed by atoms with Crippen LogP contribution in [0.5, 0.6) is 0 Å². The Morgan fingerprint density at radius 2 is 2.00 bits per heavy atom. The molecule has 31 heavy (non-hydrogen) atoms. The summed E-state index contributed by atoms with van der Waals surface area (Å²) in [5.41, 5.74) is 5.43. The molecule has 6 aliphatic rings. The predicted octanol–water partition coefficient (Wildman–Crippen LogP) is 5.39. The number of aliphatic hydroxyl groups is 1. The fourth-order valence-corrected chi connectivity index (χ4v) is 9.21. The largest absolute Gasteiger partial charge is 0.393 e. The Morgan fingerprint density at radius 1 is 1.16 bits per heavy atom. The Bertz CT molecular complexity index is 816. The number of hydrogen-bond donors (Lipinski definition) is 2. The highest BCUT2D eigenvalue weighted by Crippen LogP contribution is 2.63. The molecule has 0 aromatic heterocycles. The third-order valence-corrected chi connectivity index (χ3v) is 11.0. The lowest BCUT2D eigenvalue weighted by Gasteiger charge is -2.49. The fourth-order valence-electron chi connectivity index (χ4n) is 9.21. The van der Waals surface area contributed by atoms with E-state index < -0.39 is 0 Å².